The number of aromatic amines is 1. The number of nitrogens with zero attached hydrogens (tertiary/aromatic N) is 4. The van der Waals surface area contributed by atoms with Gasteiger partial charge in [0.15, 0.2) is 5.16 Å². The van der Waals surface area contributed by atoms with Gasteiger partial charge in [0.1, 0.15) is 16.7 Å². The van der Waals surface area contributed by atoms with Crippen molar-refractivity contribution in [3.8, 4) is 0 Å². The molecule has 0 amide bonds. The van der Waals surface area contributed by atoms with E-state index in [4.69, 9.17) is 5.84 Å². The lowest BCUT2D eigenvalue weighted by Crippen LogP contribution is -2.19. The fourth-order valence-corrected chi connectivity index (χ4v) is 2.83. The fourth-order valence-electron chi connectivity index (χ4n) is 1.75. The van der Waals surface area contributed by atoms with Crippen LogP contribution in [0.3, 0.4) is 0 Å². The first-order chi connectivity index (χ1) is 9.43. The molecule has 2 rings (SSSR count). The number of aryl methyl sites for hydroxylation is 1. The Morgan fingerprint density at radius 3 is 2.65 bits per heavy atom. The highest BCUT2D eigenvalue weighted by molar-refractivity contribution is 7.99. The number of nitrogens with one attached hydrogen (secondary N) is 2. The van der Waals surface area contributed by atoms with E-state index in [1.54, 1.807) is 11.5 Å². The van der Waals surface area contributed by atoms with E-state index in [1.165, 1.54) is 11.8 Å². The molecule has 0 atom stereocenters. The van der Waals surface area contributed by atoms with Crippen molar-refractivity contribution in [2.45, 2.75) is 43.9 Å². The topological polar surface area (TPSA) is 115 Å². The van der Waals surface area contributed by atoms with Crippen molar-refractivity contribution < 1.29 is 0 Å². The van der Waals surface area contributed by atoms with Crippen LogP contribution in [0.4, 0.5) is 5.82 Å². The molecule has 9 heteroatoms. The van der Waals surface area contributed by atoms with Gasteiger partial charge in [-0.25, -0.2) is 25.7 Å². The van der Waals surface area contributed by atoms with E-state index in [-0.39, 0.29) is 11.7 Å². The summed E-state index contributed by atoms with van der Waals surface area (Å²) < 4.78 is 1.58. The van der Waals surface area contributed by atoms with Crippen LogP contribution < -0.4 is 17.0 Å². The maximum Gasteiger partial charge on any atom is 0.344 e. The van der Waals surface area contributed by atoms with E-state index in [0.29, 0.717) is 21.8 Å². The summed E-state index contributed by atoms with van der Waals surface area (Å²) >= 11 is 1.31. The molecule has 0 aliphatic heterocycles. The Hall–Kier alpha value is -1.87. The molecule has 0 aliphatic carbocycles. The van der Waals surface area contributed by atoms with Crippen molar-refractivity contribution in [2.24, 2.45) is 5.84 Å². The van der Waals surface area contributed by atoms with Crippen molar-refractivity contribution >= 4 is 17.6 Å². The monoisotopic (exact) mass is 295 g/mol. The summed E-state index contributed by atoms with van der Waals surface area (Å²) in [7, 11) is 0. The summed E-state index contributed by atoms with van der Waals surface area (Å²) in [6, 6.07) is 0.0131. The highest BCUT2D eigenvalue weighted by Gasteiger charge is 2.16. The lowest BCUT2D eigenvalue weighted by Gasteiger charge is -2.11. The molecule has 0 fully saturated rings. The predicted octanol–water partition coefficient (Wildman–Crippen LogP) is 0.996. The van der Waals surface area contributed by atoms with Crippen LogP contribution in [-0.2, 0) is 0 Å². The van der Waals surface area contributed by atoms with Gasteiger partial charge in [0.2, 0.25) is 0 Å². The zero-order chi connectivity index (χ0) is 14.9. The van der Waals surface area contributed by atoms with E-state index in [1.807, 2.05) is 20.8 Å². The molecule has 20 heavy (non-hydrogen) atoms. The van der Waals surface area contributed by atoms with E-state index in [9.17, 15) is 4.79 Å². The van der Waals surface area contributed by atoms with Gasteiger partial charge >= 0.3 is 5.69 Å². The van der Waals surface area contributed by atoms with Crippen molar-refractivity contribution in [3.63, 3.8) is 0 Å². The number of aromatic nitrogens is 5. The average Bonchev–Trinajstić information content (AvgIpc) is 2.74. The minimum Gasteiger partial charge on any atom is -0.308 e. The Morgan fingerprint density at radius 1 is 1.35 bits per heavy atom. The summed E-state index contributed by atoms with van der Waals surface area (Å²) in [6.07, 6.45) is 0. The number of hydrazine groups is 1. The summed E-state index contributed by atoms with van der Waals surface area (Å²) in [4.78, 5) is 20.3. The number of nitrogen functional groups attached to an aromatic ring is 1. The normalized spacial score (nSPS) is 11.1. The van der Waals surface area contributed by atoms with Crippen molar-refractivity contribution in [2.75, 3.05) is 5.43 Å². The molecule has 0 aliphatic rings. The van der Waals surface area contributed by atoms with Gasteiger partial charge in [-0.1, -0.05) is 0 Å². The zero-order valence-corrected chi connectivity index (χ0v) is 12.6. The quantitative estimate of drug-likeness (QED) is 0.438. The third-order valence-corrected chi connectivity index (χ3v) is 3.79. The molecule has 8 nitrogen and oxygen atoms in total. The van der Waals surface area contributed by atoms with Gasteiger partial charge in [-0.15, -0.1) is 5.10 Å². The SMILES string of the molecule is Cc1nc(NN)c(C)c(Sc2n[nH]c(=O)n2C(C)C)n1. The minimum absolute atomic E-state index is 0.0131. The Bertz CT molecular complexity index is 676. The maximum atomic E-state index is 11.7. The van der Waals surface area contributed by atoms with E-state index >= 15 is 0 Å². The third-order valence-electron chi connectivity index (χ3n) is 2.73. The molecule has 0 radical (unpaired) electrons. The van der Waals surface area contributed by atoms with Crippen LogP contribution in [0.2, 0.25) is 0 Å². The number of rotatable bonds is 4. The Labute approximate surface area is 120 Å². The van der Waals surface area contributed by atoms with Gasteiger partial charge in [0.25, 0.3) is 0 Å². The van der Waals surface area contributed by atoms with Crippen LogP contribution in [0.1, 0.15) is 31.3 Å². The van der Waals surface area contributed by atoms with Gasteiger partial charge in [0, 0.05) is 11.6 Å². The Morgan fingerprint density at radius 2 is 2.05 bits per heavy atom. The fraction of sp³-hybridized carbons (Fsp3) is 0.455. The second-order valence-corrected chi connectivity index (χ2v) is 5.53. The molecule has 0 saturated carbocycles. The highest BCUT2D eigenvalue weighted by Crippen LogP contribution is 2.30. The maximum absolute atomic E-state index is 11.7. The largest absolute Gasteiger partial charge is 0.344 e. The Balaban J connectivity index is 2.45. The average molecular weight is 295 g/mol. The van der Waals surface area contributed by atoms with Crippen LogP contribution in [0.25, 0.3) is 0 Å². The first-order valence-electron chi connectivity index (χ1n) is 6.10. The van der Waals surface area contributed by atoms with Crippen molar-refractivity contribution in [1.29, 1.82) is 0 Å². The molecule has 0 bridgehead atoms. The lowest BCUT2D eigenvalue weighted by molar-refractivity contribution is 0.533. The number of nitrogens with two attached hydrogens (primary N) is 1. The van der Waals surface area contributed by atoms with Gasteiger partial charge in [0.05, 0.1) is 0 Å². The molecule has 4 N–H and O–H groups in total. The molecule has 0 aromatic carbocycles. The molecule has 0 spiro atoms. The van der Waals surface area contributed by atoms with Crippen LogP contribution in [0.15, 0.2) is 15.0 Å². The zero-order valence-electron chi connectivity index (χ0n) is 11.8. The molecule has 2 heterocycles. The molecular formula is C11H17N7OS. The van der Waals surface area contributed by atoms with Gasteiger partial charge in [-0.3, -0.25) is 4.57 Å². The van der Waals surface area contributed by atoms with Gasteiger partial charge < -0.3 is 5.43 Å². The van der Waals surface area contributed by atoms with Gasteiger partial charge in [-0.2, -0.15) is 0 Å². The molecule has 2 aromatic heterocycles. The van der Waals surface area contributed by atoms with Crippen LogP contribution in [0, 0.1) is 13.8 Å². The smallest absolute Gasteiger partial charge is 0.308 e. The standard InChI is InChI=1S/C11H17N7OS/c1-5(2)18-10(19)16-17-11(18)20-9-6(3)8(15-12)13-7(4)14-9/h5H,12H2,1-4H3,(H,16,19)(H,13,14,15). The van der Waals surface area contributed by atoms with E-state index in [0.717, 1.165) is 5.56 Å². The van der Waals surface area contributed by atoms with E-state index in [2.05, 4.69) is 25.6 Å². The van der Waals surface area contributed by atoms with Crippen LogP contribution in [-0.4, -0.2) is 24.7 Å². The number of hydrogen-bond donors (Lipinski definition) is 3. The first kappa shape index (κ1) is 14.5. The lowest BCUT2D eigenvalue weighted by atomic mass is 10.3. The van der Waals surface area contributed by atoms with Crippen LogP contribution >= 0.6 is 11.8 Å². The molecular weight excluding hydrogens is 278 g/mol. The highest BCUT2D eigenvalue weighted by atomic mass is 32.2. The first-order valence-corrected chi connectivity index (χ1v) is 6.92. The second kappa shape index (κ2) is 5.63. The second-order valence-electron chi connectivity index (χ2n) is 4.57. The summed E-state index contributed by atoms with van der Waals surface area (Å²) in [6.45, 7) is 7.49. The minimum atomic E-state index is -0.233. The third kappa shape index (κ3) is 2.68. The van der Waals surface area contributed by atoms with Gasteiger partial charge in [-0.05, 0) is 39.5 Å². The van der Waals surface area contributed by atoms with Crippen LogP contribution in [0.5, 0.6) is 0 Å². The number of H-pyrrole nitrogens is 1. The molecule has 0 unspecified atom stereocenters. The summed E-state index contributed by atoms with van der Waals surface area (Å²) in [5.41, 5.74) is 3.12. The predicted molar refractivity (Wildman–Crippen MR) is 76.7 cm³/mol. The summed E-state index contributed by atoms with van der Waals surface area (Å²) in [5.74, 6) is 6.60. The van der Waals surface area contributed by atoms with Crippen molar-refractivity contribution in [3.05, 3.63) is 21.9 Å². The van der Waals surface area contributed by atoms with Crippen molar-refractivity contribution in [1.82, 2.24) is 24.7 Å². The Kier molecular flexibility index (Phi) is 4.09. The van der Waals surface area contributed by atoms with E-state index < -0.39 is 0 Å². The summed E-state index contributed by atoms with van der Waals surface area (Å²) in [5, 5.41) is 7.77. The number of anilines is 1. The molecule has 2 aromatic rings. The molecule has 108 valence electrons. The molecule has 0 saturated heterocycles. The number of hydrogen-bond acceptors (Lipinski definition) is 7.